The number of hydrogen-bond acceptors (Lipinski definition) is 3. The van der Waals surface area contributed by atoms with Crippen LogP contribution in [-0.4, -0.2) is 50.2 Å². The summed E-state index contributed by atoms with van der Waals surface area (Å²) in [6.45, 7) is 13.7. The van der Waals surface area contributed by atoms with Crippen LogP contribution in [0.3, 0.4) is 0 Å². The third-order valence-corrected chi connectivity index (χ3v) is 4.22. The molecule has 20 heavy (non-hydrogen) atoms. The lowest BCUT2D eigenvalue weighted by atomic mass is 10.0. The van der Waals surface area contributed by atoms with Gasteiger partial charge in [-0.25, -0.2) is 0 Å². The van der Waals surface area contributed by atoms with Crippen molar-refractivity contribution in [1.82, 2.24) is 10.2 Å². The quantitative estimate of drug-likeness (QED) is 0.860. The van der Waals surface area contributed by atoms with Gasteiger partial charge in [0.05, 0.1) is 0 Å². The van der Waals surface area contributed by atoms with Crippen LogP contribution < -0.4 is 10.2 Å². The van der Waals surface area contributed by atoms with Crippen LogP contribution in [-0.2, 0) is 0 Å². The number of rotatable bonds is 6. The van der Waals surface area contributed by atoms with Crippen LogP contribution >= 0.6 is 0 Å². The summed E-state index contributed by atoms with van der Waals surface area (Å²) in [7, 11) is 0. The minimum Gasteiger partial charge on any atom is -0.369 e. The number of nitrogens with zero attached hydrogens (tertiary/aromatic N) is 2. The molecule has 0 spiro atoms. The van der Waals surface area contributed by atoms with Gasteiger partial charge in [0.2, 0.25) is 0 Å². The molecule has 3 nitrogen and oxygen atoms in total. The van der Waals surface area contributed by atoms with Crippen LogP contribution in [0, 0.1) is 5.92 Å². The van der Waals surface area contributed by atoms with Crippen LogP contribution in [0.15, 0.2) is 30.3 Å². The number of anilines is 1. The van der Waals surface area contributed by atoms with E-state index < -0.39 is 0 Å². The molecule has 1 aliphatic heterocycles. The minimum absolute atomic E-state index is 0.614. The summed E-state index contributed by atoms with van der Waals surface area (Å²) in [5.74, 6) is 0.696. The topological polar surface area (TPSA) is 18.5 Å². The van der Waals surface area contributed by atoms with Gasteiger partial charge in [-0.2, -0.15) is 0 Å². The molecule has 2 rings (SSSR count). The molecule has 3 heteroatoms. The fraction of sp³-hybridized carbons (Fsp3) is 0.647. The van der Waals surface area contributed by atoms with Gasteiger partial charge in [-0.15, -0.1) is 0 Å². The zero-order valence-corrected chi connectivity index (χ0v) is 13.2. The molecule has 1 aromatic rings. The fourth-order valence-corrected chi connectivity index (χ4v) is 2.88. The first-order valence-corrected chi connectivity index (χ1v) is 7.96. The number of hydrogen-bond donors (Lipinski definition) is 1. The molecule has 0 aromatic heterocycles. The molecule has 1 heterocycles. The van der Waals surface area contributed by atoms with Crippen molar-refractivity contribution in [3.8, 4) is 0 Å². The van der Waals surface area contributed by atoms with E-state index in [0.717, 1.165) is 19.6 Å². The first kappa shape index (κ1) is 15.3. The molecule has 1 N–H and O–H groups in total. The number of likely N-dealkylation sites (N-methyl/N-ethyl adjacent to an activating group) is 1. The summed E-state index contributed by atoms with van der Waals surface area (Å²) >= 11 is 0. The van der Waals surface area contributed by atoms with Gasteiger partial charge in [0, 0.05) is 44.5 Å². The molecular weight excluding hydrogens is 246 g/mol. The Kier molecular flexibility index (Phi) is 5.86. The van der Waals surface area contributed by atoms with Gasteiger partial charge in [-0.3, -0.25) is 4.90 Å². The Balaban J connectivity index is 1.82. The SMILES string of the molecule is CCNC(CN1CCN(c2ccccc2)CC1)C(C)C. The smallest absolute Gasteiger partial charge is 0.0367 e. The van der Waals surface area contributed by atoms with Crippen LogP contribution in [0.5, 0.6) is 0 Å². The molecule has 1 aromatic carbocycles. The Labute approximate surface area is 124 Å². The van der Waals surface area contributed by atoms with Gasteiger partial charge in [-0.05, 0) is 24.6 Å². The second-order valence-corrected chi connectivity index (χ2v) is 6.03. The van der Waals surface area contributed by atoms with Gasteiger partial charge < -0.3 is 10.2 Å². The molecule has 1 saturated heterocycles. The summed E-state index contributed by atoms with van der Waals surface area (Å²) in [5, 5.41) is 3.62. The number of para-hydroxylation sites is 1. The minimum atomic E-state index is 0.614. The number of nitrogens with one attached hydrogen (secondary N) is 1. The molecular formula is C17H29N3. The third kappa shape index (κ3) is 4.22. The zero-order chi connectivity index (χ0) is 14.4. The first-order chi connectivity index (χ1) is 9.70. The molecule has 0 radical (unpaired) electrons. The Bertz CT molecular complexity index is 369. The monoisotopic (exact) mass is 275 g/mol. The summed E-state index contributed by atoms with van der Waals surface area (Å²) < 4.78 is 0. The second-order valence-electron chi connectivity index (χ2n) is 6.03. The lowest BCUT2D eigenvalue weighted by molar-refractivity contribution is 0.209. The van der Waals surface area contributed by atoms with Crippen LogP contribution in [0.25, 0.3) is 0 Å². The Morgan fingerprint density at radius 2 is 1.70 bits per heavy atom. The van der Waals surface area contributed by atoms with Crippen molar-refractivity contribution in [2.24, 2.45) is 5.92 Å². The molecule has 0 saturated carbocycles. The first-order valence-electron chi connectivity index (χ1n) is 7.96. The number of piperazine rings is 1. The van der Waals surface area contributed by atoms with Crippen LogP contribution in [0.4, 0.5) is 5.69 Å². The summed E-state index contributed by atoms with van der Waals surface area (Å²) in [6, 6.07) is 11.4. The Morgan fingerprint density at radius 3 is 2.25 bits per heavy atom. The fourth-order valence-electron chi connectivity index (χ4n) is 2.88. The van der Waals surface area contributed by atoms with Crippen molar-refractivity contribution in [3.05, 3.63) is 30.3 Å². The van der Waals surface area contributed by atoms with E-state index in [1.54, 1.807) is 0 Å². The molecule has 1 atom stereocenters. The number of benzene rings is 1. The lowest BCUT2D eigenvalue weighted by Crippen LogP contribution is -2.52. The highest BCUT2D eigenvalue weighted by Crippen LogP contribution is 2.16. The van der Waals surface area contributed by atoms with Crippen molar-refractivity contribution < 1.29 is 0 Å². The van der Waals surface area contributed by atoms with E-state index >= 15 is 0 Å². The lowest BCUT2D eigenvalue weighted by Gasteiger charge is -2.38. The zero-order valence-electron chi connectivity index (χ0n) is 13.2. The highest BCUT2D eigenvalue weighted by molar-refractivity contribution is 5.46. The maximum Gasteiger partial charge on any atom is 0.0367 e. The maximum atomic E-state index is 3.62. The largest absolute Gasteiger partial charge is 0.369 e. The third-order valence-electron chi connectivity index (χ3n) is 4.22. The summed E-state index contributed by atoms with van der Waals surface area (Å²) in [4.78, 5) is 5.10. The van der Waals surface area contributed by atoms with E-state index in [0.29, 0.717) is 12.0 Å². The van der Waals surface area contributed by atoms with Gasteiger partial charge in [0.1, 0.15) is 0 Å². The highest BCUT2D eigenvalue weighted by Gasteiger charge is 2.21. The predicted octanol–water partition coefficient (Wildman–Crippen LogP) is 2.44. The second kappa shape index (κ2) is 7.65. The van der Waals surface area contributed by atoms with Gasteiger partial charge in [0.25, 0.3) is 0 Å². The van der Waals surface area contributed by atoms with Crippen molar-refractivity contribution in [3.63, 3.8) is 0 Å². The molecule has 112 valence electrons. The van der Waals surface area contributed by atoms with E-state index in [2.05, 4.69) is 66.2 Å². The van der Waals surface area contributed by atoms with Crippen molar-refractivity contribution in [2.45, 2.75) is 26.8 Å². The van der Waals surface area contributed by atoms with E-state index in [1.807, 2.05) is 0 Å². The van der Waals surface area contributed by atoms with E-state index in [-0.39, 0.29) is 0 Å². The normalized spacial score (nSPS) is 18.5. The van der Waals surface area contributed by atoms with Crippen molar-refractivity contribution in [2.75, 3.05) is 44.2 Å². The van der Waals surface area contributed by atoms with Crippen molar-refractivity contribution in [1.29, 1.82) is 0 Å². The Hall–Kier alpha value is -1.06. The molecule has 1 aliphatic rings. The standard InChI is InChI=1S/C17H29N3/c1-4-18-17(15(2)3)14-19-10-12-20(13-11-19)16-8-6-5-7-9-16/h5-9,15,17-18H,4,10-14H2,1-3H3. The molecule has 0 bridgehead atoms. The predicted molar refractivity (Wildman–Crippen MR) is 87.4 cm³/mol. The van der Waals surface area contributed by atoms with Gasteiger partial charge in [0.15, 0.2) is 0 Å². The molecule has 1 fully saturated rings. The summed E-state index contributed by atoms with van der Waals surface area (Å²) in [6.07, 6.45) is 0. The highest BCUT2D eigenvalue weighted by atomic mass is 15.3. The van der Waals surface area contributed by atoms with E-state index in [9.17, 15) is 0 Å². The average molecular weight is 275 g/mol. The molecule has 0 aliphatic carbocycles. The molecule has 1 unspecified atom stereocenters. The van der Waals surface area contributed by atoms with Gasteiger partial charge >= 0.3 is 0 Å². The maximum absolute atomic E-state index is 3.62. The average Bonchev–Trinajstić information content (AvgIpc) is 2.48. The van der Waals surface area contributed by atoms with E-state index in [1.165, 1.54) is 25.3 Å². The van der Waals surface area contributed by atoms with Crippen LogP contribution in [0.1, 0.15) is 20.8 Å². The summed E-state index contributed by atoms with van der Waals surface area (Å²) in [5.41, 5.74) is 1.36. The van der Waals surface area contributed by atoms with E-state index in [4.69, 9.17) is 0 Å². The van der Waals surface area contributed by atoms with Gasteiger partial charge in [-0.1, -0.05) is 39.0 Å². The Morgan fingerprint density at radius 1 is 1.05 bits per heavy atom. The van der Waals surface area contributed by atoms with Crippen molar-refractivity contribution >= 4 is 5.69 Å². The molecule has 0 amide bonds. The van der Waals surface area contributed by atoms with Crippen LogP contribution in [0.2, 0.25) is 0 Å².